The van der Waals surface area contributed by atoms with Gasteiger partial charge in [0.2, 0.25) is 0 Å². The number of fused-ring (bicyclic) bond motifs is 1. The lowest BCUT2D eigenvalue weighted by molar-refractivity contribution is 0.172. The second-order valence-electron chi connectivity index (χ2n) is 7.49. The first-order valence-electron chi connectivity index (χ1n) is 9.81. The molecule has 1 atom stereocenters. The number of H-pyrrole nitrogens is 1. The molecular formula is C22H24Cl2N4O2. The van der Waals surface area contributed by atoms with Crippen LogP contribution in [-0.2, 0) is 0 Å². The normalized spacial score (nSPS) is 12.2. The highest BCUT2D eigenvalue weighted by molar-refractivity contribution is 6.36. The van der Waals surface area contributed by atoms with Crippen LogP contribution in [0, 0.1) is 5.92 Å². The molecule has 2 N–H and O–H groups in total. The highest BCUT2D eigenvalue weighted by atomic mass is 35.5. The summed E-state index contributed by atoms with van der Waals surface area (Å²) in [6.07, 6.45) is 0.579. The summed E-state index contributed by atoms with van der Waals surface area (Å²) in [5, 5.41) is 4.21. The zero-order valence-corrected chi connectivity index (χ0v) is 18.6. The summed E-state index contributed by atoms with van der Waals surface area (Å²) >= 11 is 12.2. The van der Waals surface area contributed by atoms with Gasteiger partial charge in [0, 0.05) is 11.6 Å². The van der Waals surface area contributed by atoms with Crippen molar-refractivity contribution in [3.8, 4) is 0 Å². The first kappa shape index (κ1) is 22.1. The topological polar surface area (TPSA) is 78.1 Å². The first-order chi connectivity index (χ1) is 14.3. The maximum absolute atomic E-state index is 13.2. The number of benzene rings is 2. The average Bonchev–Trinajstić information content (AvgIpc) is 2.69. The molecule has 8 heteroatoms. The number of aromatic nitrogens is 2. The minimum absolute atomic E-state index is 0.206. The first-order valence-corrected chi connectivity index (χ1v) is 10.6. The Kier molecular flexibility index (Phi) is 7.00. The van der Waals surface area contributed by atoms with E-state index in [1.54, 1.807) is 41.3 Å². The molecule has 3 aromatic rings. The van der Waals surface area contributed by atoms with Crippen LogP contribution in [0.5, 0.6) is 0 Å². The summed E-state index contributed by atoms with van der Waals surface area (Å²) < 4.78 is 0. The van der Waals surface area contributed by atoms with E-state index in [9.17, 15) is 9.59 Å². The van der Waals surface area contributed by atoms with E-state index in [0.29, 0.717) is 45.4 Å². The number of nitrogens with zero attached hydrogens (tertiary/aromatic N) is 2. The molecule has 0 bridgehead atoms. The number of carbonyl (C=O) groups excluding carboxylic acids is 1. The van der Waals surface area contributed by atoms with Crippen LogP contribution in [0.3, 0.4) is 0 Å². The zero-order chi connectivity index (χ0) is 21.8. The third-order valence-electron chi connectivity index (χ3n) is 4.71. The predicted molar refractivity (Wildman–Crippen MR) is 122 cm³/mol. The molecule has 0 aliphatic heterocycles. The fraction of sp³-hybridized carbons (Fsp3) is 0.318. The number of hydrogen-bond donors (Lipinski definition) is 2. The summed E-state index contributed by atoms with van der Waals surface area (Å²) in [6, 6.07) is 11.3. The van der Waals surface area contributed by atoms with Crippen molar-refractivity contribution in [2.45, 2.75) is 33.2 Å². The number of rotatable bonds is 6. The van der Waals surface area contributed by atoms with Gasteiger partial charge in [0.25, 0.3) is 5.56 Å². The molecule has 158 valence electrons. The lowest BCUT2D eigenvalue weighted by atomic mass is 10.1. The summed E-state index contributed by atoms with van der Waals surface area (Å²) in [5.41, 5.74) is 0.842. The lowest BCUT2D eigenvalue weighted by Gasteiger charge is -2.32. The predicted octanol–water partition coefficient (Wildman–Crippen LogP) is 5.87. The zero-order valence-electron chi connectivity index (χ0n) is 17.1. The summed E-state index contributed by atoms with van der Waals surface area (Å²) in [7, 11) is 0. The van der Waals surface area contributed by atoms with Crippen LogP contribution in [-0.4, -0.2) is 27.4 Å². The number of halogens is 2. The van der Waals surface area contributed by atoms with Crippen LogP contribution in [0.1, 0.15) is 39.1 Å². The van der Waals surface area contributed by atoms with E-state index in [1.165, 1.54) is 0 Å². The minimum atomic E-state index is -0.407. The molecule has 0 spiro atoms. The van der Waals surface area contributed by atoms with Gasteiger partial charge in [-0.05, 0) is 42.7 Å². The van der Waals surface area contributed by atoms with Crippen molar-refractivity contribution in [1.82, 2.24) is 14.9 Å². The third kappa shape index (κ3) is 4.94. The molecule has 3 rings (SSSR count). The minimum Gasteiger partial charge on any atom is -0.314 e. The molecule has 0 aliphatic carbocycles. The van der Waals surface area contributed by atoms with Gasteiger partial charge in [0.1, 0.15) is 5.82 Å². The van der Waals surface area contributed by atoms with Crippen LogP contribution in [0.4, 0.5) is 10.5 Å². The fourth-order valence-electron chi connectivity index (χ4n) is 3.35. The van der Waals surface area contributed by atoms with E-state index in [4.69, 9.17) is 23.2 Å². The fourth-order valence-corrected chi connectivity index (χ4v) is 3.80. The molecule has 0 radical (unpaired) electrons. The Labute approximate surface area is 185 Å². The molecule has 2 amide bonds. The molecule has 30 heavy (non-hydrogen) atoms. The van der Waals surface area contributed by atoms with Gasteiger partial charge >= 0.3 is 6.03 Å². The average molecular weight is 447 g/mol. The molecule has 0 aliphatic rings. The monoisotopic (exact) mass is 446 g/mol. The Hall–Kier alpha value is -2.57. The van der Waals surface area contributed by atoms with E-state index < -0.39 is 6.04 Å². The number of nitrogens with one attached hydrogen (secondary N) is 2. The summed E-state index contributed by atoms with van der Waals surface area (Å²) in [4.78, 5) is 34.9. The Morgan fingerprint density at radius 3 is 2.60 bits per heavy atom. The lowest BCUT2D eigenvalue weighted by Crippen LogP contribution is -2.41. The standard InChI is InChI=1S/C22H24Cl2N4O2/c1-4-19(20-25-17-8-6-5-7-15(17)21(29)27-20)28(12-13(2)3)22(30)26-18-10-9-14(23)11-16(18)24/h5-11,13,19H,4,12H2,1-3H3,(H,26,30)(H,25,27,29). The molecule has 1 unspecified atom stereocenters. The number of carbonyl (C=O) groups is 1. The third-order valence-corrected chi connectivity index (χ3v) is 5.25. The number of amides is 2. The number of anilines is 1. The Morgan fingerprint density at radius 2 is 1.93 bits per heavy atom. The number of aromatic amines is 1. The van der Waals surface area contributed by atoms with Crippen LogP contribution in [0.15, 0.2) is 47.3 Å². The van der Waals surface area contributed by atoms with Gasteiger partial charge in [-0.3, -0.25) is 4.79 Å². The number of urea groups is 1. The van der Waals surface area contributed by atoms with Gasteiger partial charge in [0.05, 0.1) is 27.7 Å². The van der Waals surface area contributed by atoms with Gasteiger partial charge in [0.15, 0.2) is 0 Å². The highest BCUT2D eigenvalue weighted by Gasteiger charge is 2.27. The van der Waals surface area contributed by atoms with E-state index in [1.807, 2.05) is 26.8 Å². The van der Waals surface area contributed by atoms with Crippen LogP contribution >= 0.6 is 23.2 Å². The smallest absolute Gasteiger partial charge is 0.314 e. The maximum atomic E-state index is 13.2. The van der Waals surface area contributed by atoms with Gasteiger partial charge in [-0.2, -0.15) is 0 Å². The SMILES string of the molecule is CCC(c1nc2ccccc2c(=O)[nH]1)N(CC(C)C)C(=O)Nc1ccc(Cl)cc1Cl. The van der Waals surface area contributed by atoms with Crippen LogP contribution in [0.2, 0.25) is 10.0 Å². The Bertz CT molecular complexity index is 1110. The molecular weight excluding hydrogens is 423 g/mol. The van der Waals surface area contributed by atoms with Gasteiger partial charge in [-0.15, -0.1) is 0 Å². The summed E-state index contributed by atoms with van der Waals surface area (Å²) in [6.45, 7) is 6.49. The Morgan fingerprint density at radius 1 is 1.20 bits per heavy atom. The molecule has 0 saturated carbocycles. The second-order valence-corrected chi connectivity index (χ2v) is 8.34. The highest BCUT2D eigenvalue weighted by Crippen LogP contribution is 2.28. The number of para-hydroxylation sites is 1. The van der Waals surface area contributed by atoms with Crippen molar-refractivity contribution in [3.05, 3.63) is 68.7 Å². The van der Waals surface area contributed by atoms with Crippen LogP contribution in [0.25, 0.3) is 10.9 Å². The van der Waals surface area contributed by atoms with Crippen molar-refractivity contribution in [1.29, 1.82) is 0 Å². The largest absolute Gasteiger partial charge is 0.322 e. The quantitative estimate of drug-likeness (QED) is 0.496. The molecule has 1 heterocycles. The van der Waals surface area contributed by atoms with Crippen molar-refractivity contribution < 1.29 is 4.79 Å². The second kappa shape index (κ2) is 9.49. The van der Waals surface area contributed by atoms with Crippen molar-refractivity contribution in [2.75, 3.05) is 11.9 Å². The van der Waals surface area contributed by atoms with E-state index in [-0.39, 0.29) is 17.5 Å². The Balaban J connectivity index is 1.98. The maximum Gasteiger partial charge on any atom is 0.322 e. The van der Waals surface area contributed by atoms with E-state index >= 15 is 0 Å². The summed E-state index contributed by atoms with van der Waals surface area (Å²) in [5.74, 6) is 0.664. The van der Waals surface area contributed by atoms with Crippen molar-refractivity contribution in [3.63, 3.8) is 0 Å². The van der Waals surface area contributed by atoms with Crippen molar-refractivity contribution >= 4 is 45.8 Å². The van der Waals surface area contributed by atoms with Crippen LogP contribution < -0.4 is 10.9 Å². The molecule has 0 fully saturated rings. The van der Waals surface area contributed by atoms with Crippen molar-refractivity contribution in [2.24, 2.45) is 5.92 Å². The number of hydrogen-bond acceptors (Lipinski definition) is 3. The van der Waals surface area contributed by atoms with Gasteiger partial charge in [-0.25, -0.2) is 9.78 Å². The van der Waals surface area contributed by atoms with E-state index in [2.05, 4.69) is 15.3 Å². The van der Waals surface area contributed by atoms with Gasteiger partial charge < -0.3 is 15.2 Å². The molecule has 1 aromatic heterocycles. The molecule has 6 nitrogen and oxygen atoms in total. The molecule has 2 aromatic carbocycles. The van der Waals surface area contributed by atoms with Gasteiger partial charge in [-0.1, -0.05) is 56.1 Å². The molecule has 0 saturated heterocycles. The van der Waals surface area contributed by atoms with E-state index in [0.717, 1.165) is 0 Å².